The third-order valence-electron chi connectivity index (χ3n) is 7.68. The summed E-state index contributed by atoms with van der Waals surface area (Å²) in [6, 6.07) is 12.1. The number of hydrogen-bond donors (Lipinski definition) is 2. The fraction of sp³-hybridized carbons (Fsp3) is 0.367. The van der Waals surface area contributed by atoms with Crippen LogP contribution in [0.3, 0.4) is 0 Å². The van der Waals surface area contributed by atoms with Crippen molar-refractivity contribution in [2.24, 2.45) is 5.92 Å². The van der Waals surface area contributed by atoms with Crippen LogP contribution < -0.4 is 19.7 Å². The lowest BCUT2D eigenvalue weighted by Crippen LogP contribution is -2.44. The predicted molar refractivity (Wildman–Crippen MR) is 145 cm³/mol. The number of carboxylic acids is 1. The number of carbonyl (C=O) groups is 2. The number of hydrogen-bond acceptors (Lipinski definition) is 6. The van der Waals surface area contributed by atoms with Crippen molar-refractivity contribution >= 4 is 23.3 Å². The number of anilines is 2. The molecule has 2 aromatic carbocycles. The van der Waals surface area contributed by atoms with Crippen LogP contribution in [-0.4, -0.2) is 41.4 Å². The summed E-state index contributed by atoms with van der Waals surface area (Å²) in [5.41, 5.74) is 3.44. The first-order chi connectivity index (χ1) is 19.5. The van der Waals surface area contributed by atoms with Crippen LogP contribution in [-0.2, 0) is 9.59 Å². The van der Waals surface area contributed by atoms with Gasteiger partial charge in [-0.1, -0.05) is 32.0 Å². The highest BCUT2D eigenvalue weighted by Gasteiger charge is 2.48. The molecule has 2 unspecified atom stereocenters. The van der Waals surface area contributed by atoms with Crippen molar-refractivity contribution in [2.75, 3.05) is 23.4 Å². The van der Waals surface area contributed by atoms with Gasteiger partial charge in [0, 0.05) is 35.0 Å². The van der Waals surface area contributed by atoms with Crippen LogP contribution in [0.2, 0.25) is 0 Å². The molecule has 1 aromatic heterocycles. The number of carbonyl (C=O) groups excluding carboxylic acids is 1. The normalized spacial score (nSPS) is 18.9. The Morgan fingerprint density at radius 1 is 1.12 bits per heavy atom. The molecule has 216 valence electrons. The van der Waals surface area contributed by atoms with E-state index in [2.05, 4.69) is 10.3 Å². The van der Waals surface area contributed by atoms with E-state index in [1.807, 2.05) is 26.0 Å². The molecule has 0 spiro atoms. The molecule has 3 heterocycles. The van der Waals surface area contributed by atoms with Crippen LogP contribution in [0, 0.1) is 12.8 Å². The summed E-state index contributed by atoms with van der Waals surface area (Å²) in [5, 5.41) is 12.8. The Morgan fingerprint density at radius 2 is 1.90 bits per heavy atom. The number of ether oxygens (including phenoxy) is 2. The molecule has 3 aromatic rings. The fourth-order valence-electron chi connectivity index (χ4n) is 5.42. The zero-order chi connectivity index (χ0) is 29.5. The molecule has 4 atom stereocenters. The van der Waals surface area contributed by atoms with E-state index in [-0.39, 0.29) is 30.7 Å². The van der Waals surface area contributed by atoms with E-state index >= 15 is 0 Å². The van der Waals surface area contributed by atoms with Gasteiger partial charge in [0.2, 0.25) is 0 Å². The van der Waals surface area contributed by atoms with E-state index in [0.717, 1.165) is 11.3 Å². The van der Waals surface area contributed by atoms with Crippen LogP contribution in [0.1, 0.15) is 60.7 Å². The number of para-hydroxylation sites is 1. The zero-order valence-electron chi connectivity index (χ0n) is 22.7. The Balaban J connectivity index is 1.50. The lowest BCUT2D eigenvalue weighted by Gasteiger charge is -2.29. The summed E-state index contributed by atoms with van der Waals surface area (Å²) in [4.78, 5) is 29.5. The van der Waals surface area contributed by atoms with Crippen molar-refractivity contribution in [3.05, 3.63) is 77.1 Å². The maximum atomic E-state index is 13.9. The van der Waals surface area contributed by atoms with Crippen molar-refractivity contribution in [3.8, 4) is 11.5 Å². The highest BCUT2D eigenvalue weighted by molar-refractivity contribution is 5.98. The maximum Gasteiger partial charge on any atom is 0.471 e. The number of amides is 1. The minimum absolute atomic E-state index is 0.0232. The third kappa shape index (κ3) is 5.40. The summed E-state index contributed by atoms with van der Waals surface area (Å²) < 4.78 is 53.3. The van der Waals surface area contributed by atoms with Gasteiger partial charge in [-0.25, -0.2) is 0 Å². The lowest BCUT2D eigenvalue weighted by molar-refractivity contribution is -0.171. The number of aliphatic carboxylic acids is 1. The molecule has 11 heteroatoms. The number of fused-ring (bicyclic) bond motifs is 2. The second-order valence-corrected chi connectivity index (χ2v) is 10.4. The smallest absolute Gasteiger partial charge is 0.471 e. The zero-order valence-corrected chi connectivity index (χ0v) is 22.7. The molecule has 2 N–H and O–H groups in total. The Kier molecular flexibility index (Phi) is 7.54. The minimum Gasteiger partial charge on any atom is -0.493 e. The van der Waals surface area contributed by atoms with Gasteiger partial charge in [-0.15, -0.1) is 0 Å². The van der Waals surface area contributed by atoms with Crippen LogP contribution in [0.15, 0.2) is 54.7 Å². The van der Waals surface area contributed by atoms with Gasteiger partial charge in [0.05, 0.1) is 36.0 Å². The number of halogens is 3. The van der Waals surface area contributed by atoms with Gasteiger partial charge in [-0.05, 0) is 43.2 Å². The monoisotopic (exact) mass is 569 g/mol. The van der Waals surface area contributed by atoms with Crippen LogP contribution >= 0.6 is 0 Å². The average molecular weight is 570 g/mol. The molecule has 8 nitrogen and oxygen atoms in total. The summed E-state index contributed by atoms with van der Waals surface area (Å²) >= 11 is 0. The molecule has 0 radical (unpaired) electrons. The first-order valence-corrected chi connectivity index (χ1v) is 13.3. The number of carboxylic acid groups (broad SMARTS) is 1. The number of nitrogens with one attached hydrogen (secondary N) is 1. The second-order valence-electron chi connectivity index (χ2n) is 10.4. The summed E-state index contributed by atoms with van der Waals surface area (Å²) in [5.74, 6) is -3.62. The van der Waals surface area contributed by atoms with E-state index in [1.54, 1.807) is 31.3 Å². The van der Waals surface area contributed by atoms with Crippen molar-refractivity contribution in [3.63, 3.8) is 0 Å². The van der Waals surface area contributed by atoms with Crippen LogP contribution in [0.4, 0.5) is 24.5 Å². The summed E-state index contributed by atoms with van der Waals surface area (Å²) in [7, 11) is 0. The molecule has 0 fully saturated rings. The number of alkyl halides is 3. The molecule has 0 bridgehead atoms. The minimum atomic E-state index is -5.15. The highest BCUT2D eigenvalue weighted by Crippen LogP contribution is 2.47. The first kappa shape index (κ1) is 28.3. The number of benzene rings is 2. The largest absolute Gasteiger partial charge is 0.493 e. The van der Waals surface area contributed by atoms with Gasteiger partial charge in [-0.2, -0.15) is 13.2 Å². The molecular weight excluding hydrogens is 539 g/mol. The quantitative estimate of drug-likeness (QED) is 0.334. The predicted octanol–water partition coefficient (Wildman–Crippen LogP) is 6.18. The molecule has 41 heavy (non-hydrogen) atoms. The first-order valence-electron chi connectivity index (χ1n) is 13.3. The number of aryl methyl sites for hydroxylation is 1. The van der Waals surface area contributed by atoms with Crippen molar-refractivity contribution < 1.29 is 37.3 Å². The molecule has 1 amide bonds. The SMILES string of the molecule is CCC(Nc1cccc2c1OC[C@H]2N(C(=O)C(F)(F)F)c1ccc2c(c1)OC[C@H]2C(C)C(=O)O)c1cc(C)ccn1. The Labute approximate surface area is 235 Å². The molecular formula is C30H30F3N3O5. The van der Waals surface area contributed by atoms with Gasteiger partial charge in [0.25, 0.3) is 0 Å². The van der Waals surface area contributed by atoms with E-state index < -0.39 is 35.9 Å². The maximum absolute atomic E-state index is 13.9. The molecule has 0 saturated carbocycles. The van der Waals surface area contributed by atoms with Gasteiger partial charge in [0.1, 0.15) is 18.1 Å². The fourth-order valence-corrected chi connectivity index (χ4v) is 5.42. The summed E-state index contributed by atoms with van der Waals surface area (Å²) in [6.07, 6.45) is -2.73. The van der Waals surface area contributed by atoms with Crippen molar-refractivity contribution in [2.45, 2.75) is 51.4 Å². The topological polar surface area (TPSA) is 101 Å². The Morgan fingerprint density at radius 3 is 2.59 bits per heavy atom. The molecule has 5 rings (SSSR count). The molecule has 0 aliphatic carbocycles. The summed E-state index contributed by atoms with van der Waals surface area (Å²) in [6.45, 7) is 5.41. The Bertz CT molecular complexity index is 1480. The number of pyridine rings is 1. The third-order valence-corrected chi connectivity index (χ3v) is 7.68. The molecule has 0 saturated heterocycles. The standard InChI is InChI=1S/C30H30F3N3O5/c1-4-22(24-12-16(2)10-11-34-24)35-23-7-5-6-20-25(15-41-27(20)23)36(29(39)30(31,32)33)18-8-9-19-21(17(3)28(37)38)14-40-26(19)13-18/h5-13,17,21-22,25,35H,4,14-15H2,1-3H3,(H,37,38)/t17?,21-,22?,25+/m0/s1. The number of aromatic nitrogens is 1. The highest BCUT2D eigenvalue weighted by atomic mass is 19.4. The van der Waals surface area contributed by atoms with E-state index in [4.69, 9.17) is 9.47 Å². The van der Waals surface area contributed by atoms with Crippen molar-refractivity contribution in [1.29, 1.82) is 0 Å². The number of nitrogens with zero attached hydrogens (tertiary/aromatic N) is 2. The van der Waals surface area contributed by atoms with E-state index in [0.29, 0.717) is 33.9 Å². The van der Waals surface area contributed by atoms with Gasteiger partial charge in [-0.3, -0.25) is 19.5 Å². The average Bonchev–Trinajstić information content (AvgIpc) is 3.55. The van der Waals surface area contributed by atoms with Crippen molar-refractivity contribution in [1.82, 2.24) is 4.98 Å². The van der Waals surface area contributed by atoms with Crippen LogP contribution in [0.25, 0.3) is 0 Å². The lowest BCUT2D eigenvalue weighted by atomic mass is 9.89. The van der Waals surface area contributed by atoms with E-state index in [1.165, 1.54) is 18.2 Å². The second kappa shape index (κ2) is 10.9. The Hall–Kier alpha value is -4.28. The van der Waals surface area contributed by atoms with Gasteiger partial charge in [0.15, 0.2) is 0 Å². The molecule has 2 aliphatic rings. The van der Waals surface area contributed by atoms with Gasteiger partial charge < -0.3 is 19.9 Å². The van der Waals surface area contributed by atoms with E-state index in [9.17, 15) is 27.9 Å². The number of rotatable bonds is 8. The molecule has 2 aliphatic heterocycles. The van der Waals surface area contributed by atoms with Gasteiger partial charge >= 0.3 is 18.1 Å². The van der Waals surface area contributed by atoms with Crippen LogP contribution in [0.5, 0.6) is 11.5 Å².